The molecule has 0 fully saturated rings. The van der Waals surface area contributed by atoms with E-state index >= 15 is 0 Å². The molecular formula is C29H27F3N2O. The minimum absolute atomic E-state index is 0.305. The van der Waals surface area contributed by atoms with Crippen molar-refractivity contribution in [2.75, 3.05) is 0 Å². The number of pyridine rings is 1. The summed E-state index contributed by atoms with van der Waals surface area (Å²) >= 11 is 0. The summed E-state index contributed by atoms with van der Waals surface area (Å²) in [7, 11) is 0. The zero-order valence-electron chi connectivity index (χ0n) is 19.4. The van der Waals surface area contributed by atoms with Crippen molar-refractivity contribution in [2.45, 2.75) is 37.6 Å². The first-order valence-corrected chi connectivity index (χ1v) is 11.5. The Kier molecular flexibility index (Phi) is 7.63. The largest absolute Gasteiger partial charge is 0.416 e. The second-order valence-corrected chi connectivity index (χ2v) is 8.39. The highest BCUT2D eigenvalue weighted by Gasteiger charge is 2.39. The molecule has 1 heterocycles. The topological polar surface area (TPSA) is 34.1 Å². The van der Waals surface area contributed by atoms with Gasteiger partial charge in [-0.05, 0) is 47.4 Å². The van der Waals surface area contributed by atoms with E-state index in [0.717, 1.165) is 17.2 Å². The Hall–Kier alpha value is -3.48. The van der Waals surface area contributed by atoms with E-state index in [-0.39, 0.29) is 6.10 Å². The van der Waals surface area contributed by atoms with Gasteiger partial charge in [-0.2, -0.15) is 18.7 Å². The summed E-state index contributed by atoms with van der Waals surface area (Å²) in [6.45, 7) is 2.00. The maximum absolute atomic E-state index is 13.7. The van der Waals surface area contributed by atoms with Crippen LogP contribution in [-0.2, 0) is 23.0 Å². The molecule has 180 valence electrons. The Bertz CT molecular complexity index is 1200. The Balaban J connectivity index is 1.84. The van der Waals surface area contributed by atoms with Gasteiger partial charge in [0.2, 0.25) is 0 Å². The van der Waals surface area contributed by atoms with Crippen molar-refractivity contribution in [3.05, 3.63) is 137 Å². The van der Waals surface area contributed by atoms with E-state index in [1.807, 2.05) is 79.7 Å². The van der Waals surface area contributed by atoms with Gasteiger partial charge in [-0.15, -0.1) is 0 Å². The van der Waals surface area contributed by atoms with Gasteiger partial charge in [0, 0.05) is 12.6 Å². The molecule has 0 aliphatic carbocycles. The van der Waals surface area contributed by atoms with Gasteiger partial charge in [-0.1, -0.05) is 85.8 Å². The van der Waals surface area contributed by atoms with E-state index in [4.69, 9.17) is 4.84 Å². The van der Waals surface area contributed by atoms with Crippen LogP contribution in [0.5, 0.6) is 0 Å². The smallest absolute Gasteiger partial charge is 0.292 e. The van der Waals surface area contributed by atoms with Crippen LogP contribution in [0, 0.1) is 0 Å². The highest BCUT2D eigenvalue weighted by Crippen LogP contribution is 2.37. The molecule has 1 N–H and O–H groups in total. The molecule has 0 saturated heterocycles. The van der Waals surface area contributed by atoms with Crippen molar-refractivity contribution in [2.24, 2.45) is 0 Å². The fourth-order valence-corrected chi connectivity index (χ4v) is 4.19. The van der Waals surface area contributed by atoms with E-state index in [1.165, 1.54) is 12.1 Å². The fourth-order valence-electron chi connectivity index (χ4n) is 4.19. The third-order valence-electron chi connectivity index (χ3n) is 6.01. The molecule has 1 aromatic heterocycles. The van der Waals surface area contributed by atoms with Crippen LogP contribution < -0.4 is 5.48 Å². The van der Waals surface area contributed by atoms with E-state index in [2.05, 4.69) is 10.5 Å². The van der Waals surface area contributed by atoms with Gasteiger partial charge in [-0.3, -0.25) is 9.82 Å². The molecular weight excluding hydrogens is 449 g/mol. The van der Waals surface area contributed by atoms with Crippen molar-refractivity contribution < 1.29 is 18.0 Å². The zero-order valence-corrected chi connectivity index (χ0v) is 19.4. The quantitative estimate of drug-likeness (QED) is 0.258. The van der Waals surface area contributed by atoms with Crippen LogP contribution in [0.2, 0.25) is 0 Å². The molecule has 2 atom stereocenters. The minimum Gasteiger partial charge on any atom is -0.292 e. The molecule has 0 spiro atoms. The van der Waals surface area contributed by atoms with Crippen molar-refractivity contribution in [1.82, 2.24) is 10.5 Å². The maximum atomic E-state index is 13.7. The number of hydrogen-bond acceptors (Lipinski definition) is 3. The first kappa shape index (κ1) is 24.6. The van der Waals surface area contributed by atoms with Crippen LogP contribution in [0.1, 0.15) is 47.4 Å². The molecule has 0 saturated carbocycles. The number of rotatable bonds is 9. The molecule has 6 heteroatoms. The average Bonchev–Trinajstić information content (AvgIpc) is 2.89. The summed E-state index contributed by atoms with van der Waals surface area (Å²) in [5.41, 5.74) is 4.20. The van der Waals surface area contributed by atoms with E-state index in [1.54, 1.807) is 18.3 Å². The normalized spacial score (nSPS) is 14.3. The van der Waals surface area contributed by atoms with E-state index < -0.39 is 17.3 Å². The predicted molar refractivity (Wildman–Crippen MR) is 130 cm³/mol. The van der Waals surface area contributed by atoms with Gasteiger partial charge >= 0.3 is 6.18 Å². The first-order chi connectivity index (χ1) is 16.9. The Labute approximate surface area is 203 Å². The van der Waals surface area contributed by atoms with Crippen LogP contribution in [0.4, 0.5) is 13.2 Å². The van der Waals surface area contributed by atoms with Crippen LogP contribution in [-0.4, -0.2) is 4.98 Å². The summed E-state index contributed by atoms with van der Waals surface area (Å²) in [5.74, 6) is 0. The van der Waals surface area contributed by atoms with Crippen molar-refractivity contribution in [3.63, 3.8) is 0 Å². The second-order valence-electron chi connectivity index (χ2n) is 8.39. The maximum Gasteiger partial charge on any atom is 0.416 e. The number of nitrogens with one attached hydrogen (secondary N) is 1. The van der Waals surface area contributed by atoms with Crippen LogP contribution >= 0.6 is 0 Å². The summed E-state index contributed by atoms with van der Waals surface area (Å²) in [4.78, 5) is 10.8. The first-order valence-electron chi connectivity index (χ1n) is 11.5. The van der Waals surface area contributed by atoms with Gasteiger partial charge in [0.1, 0.15) is 11.6 Å². The van der Waals surface area contributed by atoms with Gasteiger partial charge in [0.25, 0.3) is 0 Å². The fraction of sp³-hybridized carbons (Fsp3) is 0.207. The van der Waals surface area contributed by atoms with Crippen LogP contribution in [0.3, 0.4) is 0 Å². The molecule has 0 amide bonds. The molecule has 3 aromatic carbocycles. The number of benzene rings is 3. The van der Waals surface area contributed by atoms with Gasteiger partial charge in [-0.25, -0.2) is 0 Å². The van der Waals surface area contributed by atoms with E-state index in [0.29, 0.717) is 24.1 Å². The third-order valence-corrected chi connectivity index (χ3v) is 6.01. The molecule has 0 radical (unpaired) electrons. The van der Waals surface area contributed by atoms with Gasteiger partial charge in [0.15, 0.2) is 0 Å². The summed E-state index contributed by atoms with van der Waals surface area (Å²) < 4.78 is 41.1. The molecule has 0 aliphatic heterocycles. The minimum atomic E-state index is -4.48. The molecule has 0 aliphatic rings. The monoisotopic (exact) mass is 476 g/mol. The second kappa shape index (κ2) is 10.8. The van der Waals surface area contributed by atoms with E-state index in [9.17, 15) is 13.2 Å². The van der Waals surface area contributed by atoms with Crippen molar-refractivity contribution >= 4 is 0 Å². The molecule has 4 aromatic rings. The Morgan fingerprint density at radius 1 is 0.800 bits per heavy atom. The number of aromatic nitrogens is 1. The molecule has 4 rings (SSSR count). The lowest BCUT2D eigenvalue weighted by atomic mass is 9.80. The third kappa shape index (κ3) is 5.78. The Morgan fingerprint density at radius 2 is 1.46 bits per heavy atom. The molecule has 0 bridgehead atoms. The molecule has 35 heavy (non-hydrogen) atoms. The SMILES string of the molecule is CCC(ONC(Cc1ccccc1)(c1cccc(C(F)(F)F)c1)c1ccccn1)c1ccccc1. The Morgan fingerprint density at radius 3 is 2.09 bits per heavy atom. The highest BCUT2D eigenvalue weighted by molar-refractivity contribution is 5.40. The number of alkyl halides is 3. The predicted octanol–water partition coefficient (Wildman–Crippen LogP) is 7.26. The van der Waals surface area contributed by atoms with Gasteiger partial charge < -0.3 is 0 Å². The molecule has 2 unspecified atom stereocenters. The highest BCUT2D eigenvalue weighted by atomic mass is 19.4. The lowest BCUT2D eigenvalue weighted by Crippen LogP contribution is -2.46. The number of nitrogens with zero attached hydrogens (tertiary/aromatic N) is 1. The standard InChI is InChI=1S/C29H27F3N2O/c1-2-26(23-14-7-4-8-15-23)35-34-28(27-18-9-10-19-33-27,21-22-12-5-3-6-13-22)24-16-11-17-25(20-24)29(30,31)32/h3-20,26,34H,2,21H2,1H3. The number of halogens is 3. The lowest BCUT2D eigenvalue weighted by molar-refractivity contribution is -0.137. The van der Waals surface area contributed by atoms with Crippen molar-refractivity contribution in [3.8, 4) is 0 Å². The number of hydrogen-bond donors (Lipinski definition) is 1. The summed E-state index contributed by atoms with van der Waals surface area (Å²) in [6.07, 6.45) is -2.14. The number of hydroxylamine groups is 1. The lowest BCUT2D eigenvalue weighted by Gasteiger charge is -2.36. The molecule has 3 nitrogen and oxygen atoms in total. The van der Waals surface area contributed by atoms with Crippen LogP contribution in [0.25, 0.3) is 0 Å². The van der Waals surface area contributed by atoms with Crippen molar-refractivity contribution in [1.29, 1.82) is 0 Å². The average molecular weight is 477 g/mol. The van der Waals surface area contributed by atoms with Crippen LogP contribution in [0.15, 0.2) is 109 Å². The summed E-state index contributed by atoms with van der Waals surface area (Å²) in [5, 5.41) is 0. The van der Waals surface area contributed by atoms with Gasteiger partial charge in [0.05, 0.1) is 11.3 Å². The zero-order chi connectivity index (χ0) is 24.7. The summed E-state index contributed by atoms with van der Waals surface area (Å²) in [6, 6.07) is 30.1.